The molecule has 8 nitrogen and oxygen atoms in total. The highest BCUT2D eigenvalue weighted by Crippen LogP contribution is 2.36. The first kappa shape index (κ1) is 30.9. The second kappa shape index (κ2) is 11.7. The monoisotopic (exact) mass is 604 g/mol. The van der Waals surface area contributed by atoms with Crippen molar-refractivity contribution in [3.8, 4) is 22.8 Å². The first-order chi connectivity index (χ1) is 19.1. The standard InChI is InChI=1S/C30H34ClFN2O6S/c1-29(2,34-41(5,37)38)20-16-24(18-6-10-23(32)22(31)14-18)33-28(17-20)30(3,36)13-12-25(35)19-7-11-26(27(15-19)39-4)40-21-8-9-21/h6-7,10-11,14-17,21,34,36H,8-9,12-13H2,1-5H3. The highest BCUT2D eigenvalue weighted by atomic mass is 35.5. The molecular formula is C30H34ClFN2O6S. The van der Waals surface area contributed by atoms with E-state index in [0.717, 1.165) is 19.1 Å². The van der Waals surface area contributed by atoms with Crippen LogP contribution in [-0.2, 0) is 21.2 Å². The lowest BCUT2D eigenvalue weighted by molar-refractivity contribution is 0.0396. The van der Waals surface area contributed by atoms with Crippen LogP contribution in [0.5, 0.6) is 11.5 Å². The number of ether oxygens (including phenoxy) is 2. The third-order valence-electron chi connectivity index (χ3n) is 6.90. The van der Waals surface area contributed by atoms with Gasteiger partial charge in [0.1, 0.15) is 11.4 Å². The van der Waals surface area contributed by atoms with Crippen molar-refractivity contribution in [1.82, 2.24) is 9.71 Å². The number of carbonyl (C=O) groups excluding carboxylic acids is 1. The van der Waals surface area contributed by atoms with Crippen LogP contribution in [0.3, 0.4) is 0 Å². The van der Waals surface area contributed by atoms with Gasteiger partial charge in [0.15, 0.2) is 17.3 Å². The van der Waals surface area contributed by atoms with Crippen LogP contribution in [0.1, 0.15) is 68.1 Å². The smallest absolute Gasteiger partial charge is 0.209 e. The molecule has 1 aromatic heterocycles. The van der Waals surface area contributed by atoms with Crippen LogP contribution in [0.25, 0.3) is 11.3 Å². The minimum atomic E-state index is -3.60. The largest absolute Gasteiger partial charge is 0.493 e. The molecule has 1 saturated carbocycles. The number of rotatable bonds is 12. The number of halogens is 2. The Balaban J connectivity index is 1.64. The summed E-state index contributed by atoms with van der Waals surface area (Å²) >= 11 is 6.01. The fraction of sp³-hybridized carbons (Fsp3) is 0.400. The minimum absolute atomic E-state index is 0.00637. The number of pyridine rings is 1. The van der Waals surface area contributed by atoms with E-state index in [1.165, 1.54) is 32.2 Å². The summed E-state index contributed by atoms with van der Waals surface area (Å²) in [6.07, 6.45) is 3.23. The highest BCUT2D eigenvalue weighted by Gasteiger charge is 2.32. The van der Waals surface area contributed by atoms with Gasteiger partial charge in [-0.05, 0) is 94.1 Å². The number of sulfonamides is 1. The van der Waals surface area contributed by atoms with Gasteiger partial charge in [-0.15, -0.1) is 0 Å². The topological polar surface area (TPSA) is 115 Å². The maximum absolute atomic E-state index is 13.9. The zero-order valence-electron chi connectivity index (χ0n) is 23.6. The molecule has 0 radical (unpaired) electrons. The summed E-state index contributed by atoms with van der Waals surface area (Å²) in [6, 6.07) is 12.4. The van der Waals surface area contributed by atoms with E-state index in [-0.39, 0.29) is 35.4 Å². The molecule has 0 amide bonds. The Morgan fingerprint density at radius 2 is 1.83 bits per heavy atom. The number of Topliss-reactive ketones (excluding diaryl/α,β-unsaturated/α-hetero) is 1. The number of hydrogen-bond donors (Lipinski definition) is 2. The SMILES string of the molecule is COc1cc(C(=O)CCC(C)(O)c2cc(C(C)(C)NS(C)(=O)=O)cc(-c3ccc(F)c(Cl)c3)n2)ccc1OC1CC1. The van der Waals surface area contributed by atoms with Crippen molar-refractivity contribution in [3.05, 3.63) is 76.2 Å². The van der Waals surface area contributed by atoms with E-state index in [0.29, 0.717) is 33.9 Å². The van der Waals surface area contributed by atoms with Crippen molar-refractivity contribution in [2.24, 2.45) is 0 Å². The average molecular weight is 605 g/mol. The molecule has 1 aliphatic rings. The molecule has 1 atom stereocenters. The molecule has 2 aromatic carbocycles. The molecule has 0 spiro atoms. The number of aliphatic hydroxyl groups is 1. The predicted octanol–water partition coefficient (Wildman–Crippen LogP) is 5.75. The van der Waals surface area contributed by atoms with E-state index in [9.17, 15) is 22.7 Å². The quantitative estimate of drug-likeness (QED) is 0.253. The molecule has 11 heteroatoms. The van der Waals surface area contributed by atoms with E-state index in [1.807, 2.05) is 0 Å². The van der Waals surface area contributed by atoms with E-state index < -0.39 is 27.0 Å². The second-order valence-corrected chi connectivity index (χ2v) is 13.3. The van der Waals surface area contributed by atoms with Crippen molar-refractivity contribution in [2.45, 2.75) is 63.7 Å². The Labute approximate surface area is 244 Å². The van der Waals surface area contributed by atoms with E-state index in [2.05, 4.69) is 9.71 Å². The molecule has 1 heterocycles. The second-order valence-electron chi connectivity index (χ2n) is 11.1. The van der Waals surface area contributed by atoms with E-state index >= 15 is 0 Å². The van der Waals surface area contributed by atoms with Crippen LogP contribution in [-0.4, -0.2) is 43.8 Å². The number of nitrogens with zero attached hydrogens (tertiary/aromatic N) is 1. The van der Waals surface area contributed by atoms with E-state index in [1.54, 1.807) is 44.2 Å². The molecule has 4 rings (SSSR count). The fourth-order valence-electron chi connectivity index (χ4n) is 4.43. The number of benzene rings is 2. The molecule has 0 aliphatic heterocycles. The van der Waals surface area contributed by atoms with Gasteiger partial charge in [0.25, 0.3) is 0 Å². The van der Waals surface area contributed by atoms with Crippen LogP contribution >= 0.6 is 11.6 Å². The van der Waals surface area contributed by atoms with Gasteiger partial charge in [-0.3, -0.25) is 4.79 Å². The maximum Gasteiger partial charge on any atom is 0.209 e. The Hall–Kier alpha value is -3.05. The molecule has 1 aliphatic carbocycles. The minimum Gasteiger partial charge on any atom is -0.493 e. The number of carbonyl (C=O) groups is 1. The van der Waals surface area contributed by atoms with Crippen molar-refractivity contribution < 1.29 is 32.2 Å². The van der Waals surface area contributed by atoms with Gasteiger partial charge in [-0.1, -0.05) is 11.6 Å². The molecular weight excluding hydrogens is 571 g/mol. The van der Waals surface area contributed by atoms with Crippen LogP contribution < -0.4 is 14.2 Å². The van der Waals surface area contributed by atoms with Gasteiger partial charge in [-0.2, -0.15) is 0 Å². The van der Waals surface area contributed by atoms with Crippen molar-refractivity contribution in [1.29, 1.82) is 0 Å². The Kier molecular flexibility index (Phi) is 8.80. The third kappa shape index (κ3) is 7.82. The molecule has 2 N–H and O–H groups in total. The fourth-order valence-corrected chi connectivity index (χ4v) is 5.65. The molecule has 1 fully saturated rings. The zero-order chi connectivity index (χ0) is 30.2. The Morgan fingerprint density at radius 1 is 1.12 bits per heavy atom. The average Bonchev–Trinajstić information content (AvgIpc) is 3.71. The number of nitrogens with one attached hydrogen (secondary N) is 1. The molecule has 41 heavy (non-hydrogen) atoms. The van der Waals surface area contributed by atoms with Crippen molar-refractivity contribution in [2.75, 3.05) is 13.4 Å². The van der Waals surface area contributed by atoms with Crippen LogP contribution in [0.15, 0.2) is 48.5 Å². The predicted molar refractivity (Wildman–Crippen MR) is 155 cm³/mol. The molecule has 0 bridgehead atoms. The highest BCUT2D eigenvalue weighted by molar-refractivity contribution is 7.88. The van der Waals surface area contributed by atoms with Gasteiger partial charge < -0.3 is 14.6 Å². The zero-order valence-corrected chi connectivity index (χ0v) is 25.2. The summed E-state index contributed by atoms with van der Waals surface area (Å²) in [6.45, 7) is 4.89. The van der Waals surface area contributed by atoms with Crippen molar-refractivity contribution in [3.63, 3.8) is 0 Å². The third-order valence-corrected chi connectivity index (χ3v) is 8.07. The first-order valence-electron chi connectivity index (χ1n) is 13.2. The molecule has 1 unspecified atom stereocenters. The maximum atomic E-state index is 13.9. The van der Waals surface area contributed by atoms with Crippen molar-refractivity contribution >= 4 is 27.4 Å². The molecule has 0 saturated heterocycles. The van der Waals surface area contributed by atoms with Crippen LogP contribution in [0.2, 0.25) is 5.02 Å². The number of methoxy groups -OCH3 is 1. The lowest BCUT2D eigenvalue weighted by Gasteiger charge is -2.29. The summed E-state index contributed by atoms with van der Waals surface area (Å²) in [5.74, 6) is 0.243. The summed E-state index contributed by atoms with van der Waals surface area (Å²) in [7, 11) is -2.09. The molecule has 220 valence electrons. The van der Waals surface area contributed by atoms with Crippen LogP contribution in [0, 0.1) is 5.82 Å². The van der Waals surface area contributed by atoms with Gasteiger partial charge in [0.05, 0.1) is 41.4 Å². The number of aromatic nitrogens is 1. The lowest BCUT2D eigenvalue weighted by atomic mass is 9.88. The van der Waals surface area contributed by atoms with E-state index in [4.69, 9.17) is 21.1 Å². The normalized spacial score (nSPS) is 15.3. The van der Waals surface area contributed by atoms with Gasteiger partial charge in [-0.25, -0.2) is 22.5 Å². The van der Waals surface area contributed by atoms with Gasteiger partial charge in [0.2, 0.25) is 10.0 Å². The first-order valence-corrected chi connectivity index (χ1v) is 15.4. The molecule has 3 aromatic rings. The summed E-state index contributed by atoms with van der Waals surface area (Å²) in [5, 5.41) is 11.4. The summed E-state index contributed by atoms with van der Waals surface area (Å²) in [4.78, 5) is 17.7. The van der Waals surface area contributed by atoms with Gasteiger partial charge in [0, 0.05) is 17.5 Å². The Morgan fingerprint density at radius 3 is 2.44 bits per heavy atom. The number of hydrogen-bond acceptors (Lipinski definition) is 7. The number of ketones is 1. The van der Waals surface area contributed by atoms with Gasteiger partial charge >= 0.3 is 0 Å². The lowest BCUT2D eigenvalue weighted by Crippen LogP contribution is -2.40. The summed E-state index contributed by atoms with van der Waals surface area (Å²) in [5.41, 5.74) is -0.699. The Bertz CT molecular complexity index is 1570. The summed E-state index contributed by atoms with van der Waals surface area (Å²) < 4.78 is 51.9. The van der Waals surface area contributed by atoms with Crippen LogP contribution in [0.4, 0.5) is 4.39 Å².